The maximum atomic E-state index is 12.4. The second-order valence-electron chi connectivity index (χ2n) is 8.63. The molecule has 166 valence electrons. The molecule has 1 saturated heterocycles. The van der Waals surface area contributed by atoms with Gasteiger partial charge < -0.3 is 20.3 Å². The molecule has 0 bridgehead atoms. The first-order chi connectivity index (χ1) is 14.0. The number of benzene rings is 1. The average Bonchev–Trinajstić information content (AvgIpc) is 2.64. The van der Waals surface area contributed by atoms with Gasteiger partial charge >= 0.3 is 6.09 Å². The third-order valence-electron chi connectivity index (χ3n) is 4.98. The van der Waals surface area contributed by atoms with Crippen LogP contribution in [-0.2, 0) is 14.3 Å². The van der Waals surface area contributed by atoms with E-state index in [9.17, 15) is 14.4 Å². The fourth-order valence-corrected chi connectivity index (χ4v) is 3.18. The standard InChI is InChI=1S/C22H34N4O4/c1-16-7-6-8-18(17(16)2)24-19(27)15-25-11-13-26(14-12-25)20(28)9-10-23-21(29)30-22(3,4)5/h6-8H,9-15H2,1-5H3,(H,23,29)(H,24,27). The summed E-state index contributed by atoms with van der Waals surface area (Å²) in [5.41, 5.74) is 2.49. The summed E-state index contributed by atoms with van der Waals surface area (Å²) in [6.07, 6.45) is -0.290. The monoisotopic (exact) mass is 418 g/mol. The van der Waals surface area contributed by atoms with E-state index < -0.39 is 11.7 Å². The number of hydrogen-bond acceptors (Lipinski definition) is 5. The predicted molar refractivity (Wildman–Crippen MR) is 116 cm³/mol. The van der Waals surface area contributed by atoms with Crippen LogP contribution in [-0.4, -0.2) is 72.6 Å². The minimum absolute atomic E-state index is 0.00875. The average molecular weight is 419 g/mol. The number of carbonyl (C=O) groups excluding carboxylic acids is 3. The van der Waals surface area contributed by atoms with Crippen molar-refractivity contribution < 1.29 is 19.1 Å². The number of amides is 3. The molecule has 0 radical (unpaired) electrons. The first kappa shape index (κ1) is 23.7. The van der Waals surface area contributed by atoms with E-state index in [-0.39, 0.29) is 24.8 Å². The smallest absolute Gasteiger partial charge is 0.407 e. The van der Waals surface area contributed by atoms with Crippen molar-refractivity contribution in [1.29, 1.82) is 0 Å². The third kappa shape index (κ3) is 7.67. The normalized spacial score (nSPS) is 14.9. The Balaban J connectivity index is 1.69. The summed E-state index contributed by atoms with van der Waals surface area (Å²) in [4.78, 5) is 40.2. The summed E-state index contributed by atoms with van der Waals surface area (Å²) >= 11 is 0. The molecule has 1 aliphatic rings. The van der Waals surface area contributed by atoms with Crippen LogP contribution in [0.1, 0.15) is 38.3 Å². The zero-order valence-electron chi connectivity index (χ0n) is 18.7. The quantitative estimate of drug-likeness (QED) is 0.740. The van der Waals surface area contributed by atoms with Crippen molar-refractivity contribution in [3.05, 3.63) is 29.3 Å². The molecule has 0 saturated carbocycles. The van der Waals surface area contributed by atoms with Crippen molar-refractivity contribution in [2.45, 2.75) is 46.6 Å². The van der Waals surface area contributed by atoms with E-state index >= 15 is 0 Å². The Labute approximate surface area is 178 Å². The van der Waals surface area contributed by atoms with Gasteiger partial charge in [-0.3, -0.25) is 14.5 Å². The van der Waals surface area contributed by atoms with Gasteiger partial charge in [-0.15, -0.1) is 0 Å². The lowest BCUT2D eigenvalue weighted by Gasteiger charge is -2.34. The van der Waals surface area contributed by atoms with Gasteiger partial charge in [0, 0.05) is 44.8 Å². The van der Waals surface area contributed by atoms with Gasteiger partial charge in [0.05, 0.1) is 6.54 Å². The van der Waals surface area contributed by atoms with Crippen LogP contribution in [0.15, 0.2) is 18.2 Å². The predicted octanol–water partition coefficient (Wildman–Crippen LogP) is 2.30. The lowest BCUT2D eigenvalue weighted by Crippen LogP contribution is -2.50. The maximum Gasteiger partial charge on any atom is 0.407 e. The maximum absolute atomic E-state index is 12.4. The van der Waals surface area contributed by atoms with E-state index in [1.54, 1.807) is 25.7 Å². The van der Waals surface area contributed by atoms with Gasteiger partial charge in [-0.05, 0) is 51.8 Å². The second kappa shape index (κ2) is 10.4. The fraction of sp³-hybridized carbons (Fsp3) is 0.591. The number of hydrogen-bond donors (Lipinski definition) is 2. The Morgan fingerprint density at radius 3 is 2.37 bits per heavy atom. The molecular formula is C22H34N4O4. The number of nitrogens with zero attached hydrogens (tertiary/aromatic N) is 2. The molecule has 1 aromatic rings. The van der Waals surface area contributed by atoms with Crippen LogP contribution in [0.3, 0.4) is 0 Å². The minimum atomic E-state index is -0.561. The molecule has 1 fully saturated rings. The zero-order valence-corrected chi connectivity index (χ0v) is 18.7. The number of aryl methyl sites for hydroxylation is 1. The molecule has 8 nitrogen and oxygen atoms in total. The lowest BCUT2D eigenvalue weighted by molar-refractivity contribution is -0.132. The number of rotatable bonds is 6. The highest BCUT2D eigenvalue weighted by Crippen LogP contribution is 2.18. The van der Waals surface area contributed by atoms with Gasteiger partial charge in [0.15, 0.2) is 0 Å². The minimum Gasteiger partial charge on any atom is -0.444 e. The van der Waals surface area contributed by atoms with Gasteiger partial charge in [0.25, 0.3) is 0 Å². The third-order valence-corrected chi connectivity index (χ3v) is 4.98. The van der Waals surface area contributed by atoms with E-state index in [0.29, 0.717) is 32.7 Å². The van der Waals surface area contributed by atoms with E-state index in [1.165, 1.54) is 0 Å². The van der Waals surface area contributed by atoms with Crippen molar-refractivity contribution in [3.63, 3.8) is 0 Å². The fourth-order valence-electron chi connectivity index (χ4n) is 3.18. The molecule has 30 heavy (non-hydrogen) atoms. The van der Waals surface area contributed by atoms with E-state index in [1.807, 2.05) is 36.9 Å². The van der Waals surface area contributed by atoms with E-state index in [4.69, 9.17) is 4.74 Å². The number of nitrogens with one attached hydrogen (secondary N) is 2. The number of piperazine rings is 1. The highest BCUT2D eigenvalue weighted by molar-refractivity contribution is 5.93. The molecule has 0 atom stereocenters. The first-order valence-corrected chi connectivity index (χ1v) is 10.4. The Morgan fingerprint density at radius 2 is 1.73 bits per heavy atom. The van der Waals surface area contributed by atoms with Gasteiger partial charge in [-0.25, -0.2) is 4.79 Å². The number of carbonyl (C=O) groups is 3. The molecule has 8 heteroatoms. The van der Waals surface area contributed by atoms with E-state index in [2.05, 4.69) is 10.6 Å². The van der Waals surface area contributed by atoms with E-state index in [0.717, 1.165) is 16.8 Å². The van der Waals surface area contributed by atoms with Crippen LogP contribution in [0.5, 0.6) is 0 Å². The van der Waals surface area contributed by atoms with Gasteiger partial charge in [0.2, 0.25) is 11.8 Å². The number of alkyl carbamates (subject to hydrolysis) is 1. The number of anilines is 1. The van der Waals surface area contributed by atoms with Crippen LogP contribution in [0.2, 0.25) is 0 Å². The molecule has 1 aromatic carbocycles. The van der Waals surface area contributed by atoms with Gasteiger partial charge in [-0.2, -0.15) is 0 Å². The van der Waals surface area contributed by atoms with Crippen LogP contribution < -0.4 is 10.6 Å². The van der Waals surface area contributed by atoms with Crippen molar-refractivity contribution in [1.82, 2.24) is 15.1 Å². The molecule has 3 amide bonds. The molecule has 1 aliphatic heterocycles. The summed E-state index contributed by atoms with van der Waals surface area (Å²) in [5, 5.41) is 5.58. The lowest BCUT2D eigenvalue weighted by atomic mass is 10.1. The SMILES string of the molecule is Cc1cccc(NC(=O)CN2CCN(C(=O)CCNC(=O)OC(C)(C)C)CC2)c1C. The Bertz CT molecular complexity index is 765. The van der Waals surface area contributed by atoms with Gasteiger partial charge in [-0.1, -0.05) is 12.1 Å². The summed E-state index contributed by atoms with van der Waals surface area (Å²) in [6.45, 7) is 12.4. The molecule has 2 N–H and O–H groups in total. The molecule has 0 spiro atoms. The number of ether oxygens (including phenoxy) is 1. The summed E-state index contributed by atoms with van der Waals surface area (Å²) in [5.74, 6) is -0.0596. The highest BCUT2D eigenvalue weighted by Gasteiger charge is 2.23. The van der Waals surface area contributed by atoms with Crippen LogP contribution in [0, 0.1) is 13.8 Å². The largest absolute Gasteiger partial charge is 0.444 e. The molecule has 1 heterocycles. The Kier molecular flexibility index (Phi) is 8.23. The molecule has 0 unspecified atom stereocenters. The Morgan fingerprint density at radius 1 is 1.07 bits per heavy atom. The van der Waals surface area contributed by atoms with Gasteiger partial charge in [0.1, 0.15) is 5.60 Å². The van der Waals surface area contributed by atoms with Crippen molar-refractivity contribution in [3.8, 4) is 0 Å². The van der Waals surface area contributed by atoms with Crippen molar-refractivity contribution in [2.75, 3.05) is 44.6 Å². The Hall–Kier alpha value is -2.61. The summed E-state index contributed by atoms with van der Waals surface area (Å²) in [7, 11) is 0. The molecule has 0 aliphatic carbocycles. The van der Waals surface area contributed by atoms with Crippen LogP contribution >= 0.6 is 0 Å². The topological polar surface area (TPSA) is 91.0 Å². The highest BCUT2D eigenvalue weighted by atomic mass is 16.6. The van der Waals surface area contributed by atoms with Crippen molar-refractivity contribution >= 4 is 23.6 Å². The van der Waals surface area contributed by atoms with Crippen LogP contribution in [0.25, 0.3) is 0 Å². The summed E-state index contributed by atoms with van der Waals surface area (Å²) in [6, 6.07) is 5.85. The van der Waals surface area contributed by atoms with Crippen LogP contribution in [0.4, 0.5) is 10.5 Å². The first-order valence-electron chi connectivity index (χ1n) is 10.4. The molecular weight excluding hydrogens is 384 g/mol. The molecule has 0 aromatic heterocycles. The zero-order chi connectivity index (χ0) is 22.3. The second-order valence-corrected chi connectivity index (χ2v) is 8.63. The molecule has 2 rings (SSSR count). The summed E-state index contributed by atoms with van der Waals surface area (Å²) < 4.78 is 5.15. The van der Waals surface area contributed by atoms with Crippen molar-refractivity contribution in [2.24, 2.45) is 0 Å².